The molecule has 1 aliphatic rings. The number of nitrogens with zero attached hydrogens (tertiary/aromatic N) is 2. The van der Waals surface area contributed by atoms with Gasteiger partial charge in [0.25, 0.3) is 0 Å². The lowest BCUT2D eigenvalue weighted by molar-refractivity contribution is 0.438. The van der Waals surface area contributed by atoms with Crippen LogP contribution in [0.3, 0.4) is 0 Å². The second-order valence-electron chi connectivity index (χ2n) is 4.59. The van der Waals surface area contributed by atoms with E-state index in [1.807, 2.05) is 0 Å². The van der Waals surface area contributed by atoms with E-state index in [4.69, 9.17) is 10.7 Å². The molecule has 0 bridgehead atoms. The highest BCUT2D eigenvalue weighted by Crippen LogP contribution is 2.29. The van der Waals surface area contributed by atoms with Crippen LogP contribution < -0.4 is 10.6 Å². The molecule has 16 heavy (non-hydrogen) atoms. The first kappa shape index (κ1) is 11.9. The summed E-state index contributed by atoms with van der Waals surface area (Å²) in [5.41, 5.74) is 6.94. The van der Waals surface area contributed by atoms with E-state index in [1.165, 1.54) is 28.5 Å². The maximum absolute atomic E-state index is 5.74. The van der Waals surface area contributed by atoms with Crippen molar-refractivity contribution in [2.45, 2.75) is 39.7 Å². The second-order valence-corrected chi connectivity index (χ2v) is 5.66. The number of anilines is 1. The van der Waals surface area contributed by atoms with E-state index in [-0.39, 0.29) is 0 Å². The first-order valence-corrected chi connectivity index (χ1v) is 6.99. The molecule has 2 heterocycles. The number of aromatic nitrogens is 1. The Morgan fingerprint density at radius 1 is 1.44 bits per heavy atom. The van der Waals surface area contributed by atoms with Crippen LogP contribution in [-0.4, -0.2) is 18.1 Å². The quantitative estimate of drug-likeness (QED) is 0.880. The van der Waals surface area contributed by atoms with E-state index in [0.717, 1.165) is 25.4 Å². The molecule has 0 saturated carbocycles. The molecule has 0 radical (unpaired) electrons. The molecule has 0 aromatic carbocycles. The van der Waals surface area contributed by atoms with Crippen LogP contribution in [0.5, 0.6) is 0 Å². The summed E-state index contributed by atoms with van der Waals surface area (Å²) in [4.78, 5) is 8.39. The van der Waals surface area contributed by atoms with Crippen molar-refractivity contribution in [3.8, 4) is 0 Å². The van der Waals surface area contributed by atoms with Crippen molar-refractivity contribution in [1.82, 2.24) is 4.98 Å². The van der Waals surface area contributed by atoms with Crippen LogP contribution in [0.25, 0.3) is 0 Å². The smallest absolute Gasteiger partial charge is 0.185 e. The fourth-order valence-corrected chi connectivity index (χ4v) is 3.22. The number of hydrogen-bond acceptors (Lipinski definition) is 4. The molecule has 0 atom stereocenters. The van der Waals surface area contributed by atoms with Crippen LogP contribution in [-0.2, 0) is 13.0 Å². The Hall–Kier alpha value is -0.610. The van der Waals surface area contributed by atoms with Crippen molar-refractivity contribution in [3.05, 3.63) is 10.6 Å². The average molecular weight is 239 g/mol. The highest BCUT2D eigenvalue weighted by molar-refractivity contribution is 7.15. The average Bonchev–Trinajstić information content (AvgIpc) is 2.73. The Balaban J connectivity index is 2.11. The van der Waals surface area contributed by atoms with Crippen molar-refractivity contribution in [1.29, 1.82) is 0 Å². The standard InChI is InChI=1S/C12H21N3S/c1-3-10-11(8-13)16-12(14-10)15-6-4-9(2)5-7-15/h9H,3-8,13H2,1-2H3. The predicted molar refractivity (Wildman–Crippen MR) is 70.0 cm³/mol. The number of piperidine rings is 1. The summed E-state index contributed by atoms with van der Waals surface area (Å²) in [6.07, 6.45) is 3.57. The van der Waals surface area contributed by atoms with Gasteiger partial charge >= 0.3 is 0 Å². The lowest BCUT2D eigenvalue weighted by atomic mass is 10.00. The summed E-state index contributed by atoms with van der Waals surface area (Å²) in [5.74, 6) is 0.871. The van der Waals surface area contributed by atoms with Crippen LogP contribution in [0.2, 0.25) is 0 Å². The summed E-state index contributed by atoms with van der Waals surface area (Å²) < 4.78 is 0. The zero-order valence-electron chi connectivity index (χ0n) is 10.2. The monoisotopic (exact) mass is 239 g/mol. The van der Waals surface area contributed by atoms with E-state index >= 15 is 0 Å². The molecule has 0 aliphatic carbocycles. The Morgan fingerprint density at radius 3 is 2.62 bits per heavy atom. The van der Waals surface area contributed by atoms with Gasteiger partial charge in [-0.25, -0.2) is 4.98 Å². The fraction of sp³-hybridized carbons (Fsp3) is 0.750. The van der Waals surface area contributed by atoms with E-state index in [1.54, 1.807) is 11.3 Å². The van der Waals surface area contributed by atoms with Crippen LogP contribution in [0.15, 0.2) is 0 Å². The Bertz CT molecular complexity index is 319. The van der Waals surface area contributed by atoms with Gasteiger partial charge in [0.1, 0.15) is 0 Å². The molecule has 0 spiro atoms. The summed E-state index contributed by atoms with van der Waals surface area (Å²) in [6, 6.07) is 0. The minimum atomic E-state index is 0.630. The van der Waals surface area contributed by atoms with Crippen molar-refractivity contribution >= 4 is 16.5 Å². The van der Waals surface area contributed by atoms with Gasteiger partial charge in [-0.1, -0.05) is 13.8 Å². The first-order valence-electron chi connectivity index (χ1n) is 6.18. The molecule has 2 rings (SSSR count). The molecule has 90 valence electrons. The zero-order chi connectivity index (χ0) is 11.5. The number of aryl methyl sites for hydroxylation is 1. The van der Waals surface area contributed by atoms with Gasteiger partial charge in [-0.3, -0.25) is 0 Å². The third-order valence-electron chi connectivity index (χ3n) is 3.34. The molecule has 3 nitrogen and oxygen atoms in total. The van der Waals surface area contributed by atoms with Gasteiger partial charge in [0.2, 0.25) is 0 Å². The molecule has 2 N–H and O–H groups in total. The molecule has 4 heteroatoms. The van der Waals surface area contributed by atoms with Gasteiger partial charge in [-0.15, -0.1) is 11.3 Å². The highest BCUT2D eigenvalue weighted by Gasteiger charge is 2.19. The van der Waals surface area contributed by atoms with Crippen molar-refractivity contribution < 1.29 is 0 Å². The SMILES string of the molecule is CCc1nc(N2CCC(C)CC2)sc1CN. The van der Waals surface area contributed by atoms with Gasteiger partial charge in [0.05, 0.1) is 5.69 Å². The minimum Gasteiger partial charge on any atom is -0.348 e. The molecule has 1 fully saturated rings. The normalized spacial score (nSPS) is 18.1. The Morgan fingerprint density at radius 2 is 2.12 bits per heavy atom. The lowest BCUT2D eigenvalue weighted by Gasteiger charge is -2.29. The Labute approximate surface area is 102 Å². The predicted octanol–water partition coefficient (Wildman–Crippen LogP) is 2.40. The fourth-order valence-electron chi connectivity index (χ4n) is 2.14. The van der Waals surface area contributed by atoms with E-state index in [0.29, 0.717) is 6.54 Å². The summed E-state index contributed by atoms with van der Waals surface area (Å²) in [6.45, 7) is 7.42. The third-order valence-corrected chi connectivity index (χ3v) is 4.52. The van der Waals surface area contributed by atoms with Crippen LogP contribution in [0.1, 0.15) is 37.3 Å². The highest BCUT2D eigenvalue weighted by atomic mass is 32.1. The maximum Gasteiger partial charge on any atom is 0.185 e. The first-order chi connectivity index (χ1) is 7.74. The summed E-state index contributed by atoms with van der Waals surface area (Å²) in [7, 11) is 0. The van der Waals surface area contributed by atoms with Crippen molar-refractivity contribution in [2.75, 3.05) is 18.0 Å². The maximum atomic E-state index is 5.74. The van der Waals surface area contributed by atoms with Crippen LogP contribution >= 0.6 is 11.3 Å². The van der Waals surface area contributed by atoms with Gasteiger partial charge in [-0.2, -0.15) is 0 Å². The molecular formula is C12H21N3S. The van der Waals surface area contributed by atoms with Crippen LogP contribution in [0, 0.1) is 5.92 Å². The van der Waals surface area contributed by atoms with Crippen LogP contribution in [0.4, 0.5) is 5.13 Å². The molecule has 1 saturated heterocycles. The lowest BCUT2D eigenvalue weighted by Crippen LogP contribution is -2.32. The number of rotatable bonds is 3. The van der Waals surface area contributed by atoms with Gasteiger partial charge in [0, 0.05) is 24.5 Å². The third kappa shape index (κ3) is 2.38. The largest absolute Gasteiger partial charge is 0.348 e. The van der Waals surface area contributed by atoms with Gasteiger partial charge < -0.3 is 10.6 Å². The number of nitrogens with two attached hydrogens (primary N) is 1. The van der Waals surface area contributed by atoms with E-state index in [2.05, 4.69) is 18.7 Å². The summed E-state index contributed by atoms with van der Waals surface area (Å²) >= 11 is 1.78. The molecule has 1 aromatic heterocycles. The number of thiazole rings is 1. The molecule has 1 aromatic rings. The summed E-state index contributed by atoms with van der Waals surface area (Å²) in [5, 5.41) is 1.18. The van der Waals surface area contributed by atoms with E-state index < -0.39 is 0 Å². The minimum absolute atomic E-state index is 0.630. The second kappa shape index (κ2) is 5.15. The molecular weight excluding hydrogens is 218 g/mol. The Kier molecular flexibility index (Phi) is 3.82. The zero-order valence-corrected chi connectivity index (χ0v) is 11.0. The van der Waals surface area contributed by atoms with E-state index in [9.17, 15) is 0 Å². The van der Waals surface area contributed by atoms with Crippen molar-refractivity contribution in [2.24, 2.45) is 11.7 Å². The van der Waals surface area contributed by atoms with Gasteiger partial charge in [0.15, 0.2) is 5.13 Å². The number of hydrogen-bond donors (Lipinski definition) is 1. The molecule has 0 unspecified atom stereocenters. The topological polar surface area (TPSA) is 42.2 Å². The van der Waals surface area contributed by atoms with Crippen molar-refractivity contribution in [3.63, 3.8) is 0 Å². The van der Waals surface area contributed by atoms with Gasteiger partial charge in [-0.05, 0) is 25.2 Å². The molecule has 1 aliphatic heterocycles. The molecule has 0 amide bonds.